The van der Waals surface area contributed by atoms with Crippen LogP contribution in [-0.4, -0.2) is 27.9 Å². The van der Waals surface area contributed by atoms with Crippen molar-refractivity contribution in [2.24, 2.45) is 0 Å². The lowest BCUT2D eigenvalue weighted by Crippen LogP contribution is -2.15. The molecule has 1 aliphatic heterocycles. The average molecular weight is 277 g/mol. The van der Waals surface area contributed by atoms with E-state index in [1.807, 2.05) is 18.2 Å². The van der Waals surface area contributed by atoms with Crippen molar-refractivity contribution in [3.8, 4) is 0 Å². The van der Waals surface area contributed by atoms with Gasteiger partial charge in [-0.1, -0.05) is 23.4 Å². The second-order valence-electron chi connectivity index (χ2n) is 4.50. The van der Waals surface area contributed by atoms with Crippen molar-refractivity contribution >= 4 is 11.8 Å². The molecule has 100 valence electrons. The molecule has 0 bridgehead atoms. The molecule has 1 aliphatic rings. The smallest absolute Gasteiger partial charge is 0.243 e. The van der Waals surface area contributed by atoms with Gasteiger partial charge in [-0.15, -0.1) is 11.8 Å². The number of benzene rings is 1. The number of thioether (sulfide) groups is 1. The Kier molecular flexibility index (Phi) is 3.82. The maximum absolute atomic E-state index is 9.46. The summed E-state index contributed by atoms with van der Waals surface area (Å²) in [5.74, 6) is 1.94. The van der Waals surface area contributed by atoms with Gasteiger partial charge in [-0.05, 0) is 18.6 Å². The second-order valence-corrected chi connectivity index (χ2v) is 5.55. The van der Waals surface area contributed by atoms with Gasteiger partial charge in [0, 0.05) is 11.4 Å². The minimum atomic E-state index is -0.320. The van der Waals surface area contributed by atoms with E-state index < -0.39 is 0 Å². The molecule has 2 N–H and O–H groups in total. The molecule has 0 radical (unpaired) electrons. The molecule has 5 nitrogen and oxygen atoms in total. The molecule has 0 spiro atoms. The molecule has 0 unspecified atom stereocenters. The van der Waals surface area contributed by atoms with Crippen LogP contribution in [0.5, 0.6) is 0 Å². The zero-order valence-electron chi connectivity index (χ0n) is 10.3. The van der Waals surface area contributed by atoms with Gasteiger partial charge in [-0.2, -0.15) is 4.98 Å². The van der Waals surface area contributed by atoms with E-state index in [1.54, 1.807) is 11.8 Å². The van der Waals surface area contributed by atoms with Crippen molar-refractivity contribution in [3.05, 3.63) is 42.0 Å². The van der Waals surface area contributed by atoms with E-state index in [2.05, 4.69) is 27.6 Å². The minimum Gasteiger partial charge on any atom is -0.392 e. The molecule has 1 aromatic heterocycles. The summed E-state index contributed by atoms with van der Waals surface area (Å²) in [5.41, 5.74) is 0. The van der Waals surface area contributed by atoms with Gasteiger partial charge >= 0.3 is 0 Å². The third-order valence-corrected chi connectivity index (χ3v) is 4.01. The Labute approximate surface area is 115 Å². The van der Waals surface area contributed by atoms with E-state index in [-0.39, 0.29) is 12.1 Å². The largest absolute Gasteiger partial charge is 0.392 e. The normalized spacial score (nSPS) is 22.8. The van der Waals surface area contributed by atoms with E-state index in [4.69, 9.17) is 4.52 Å². The van der Waals surface area contributed by atoms with Crippen molar-refractivity contribution in [2.45, 2.75) is 29.2 Å². The van der Waals surface area contributed by atoms with Crippen LogP contribution < -0.4 is 5.32 Å². The summed E-state index contributed by atoms with van der Waals surface area (Å²) in [7, 11) is 0. The van der Waals surface area contributed by atoms with Crippen LogP contribution in [0.1, 0.15) is 24.2 Å². The Morgan fingerprint density at radius 2 is 2.21 bits per heavy atom. The van der Waals surface area contributed by atoms with E-state index in [0.29, 0.717) is 30.4 Å². The van der Waals surface area contributed by atoms with Gasteiger partial charge in [0.1, 0.15) is 0 Å². The lowest BCUT2D eigenvalue weighted by Gasteiger charge is -2.01. The van der Waals surface area contributed by atoms with Crippen LogP contribution in [0.25, 0.3) is 0 Å². The molecule has 2 atom stereocenters. The number of rotatable bonds is 4. The van der Waals surface area contributed by atoms with Gasteiger partial charge < -0.3 is 14.9 Å². The minimum absolute atomic E-state index is 0.0158. The molecule has 19 heavy (non-hydrogen) atoms. The number of nitrogens with one attached hydrogen (secondary N) is 1. The number of β-amino-alcohol motifs (C(OH)–C–C–N with tert-alkyl or cyclic N) is 1. The molecule has 1 fully saturated rings. The van der Waals surface area contributed by atoms with Crippen molar-refractivity contribution in [3.63, 3.8) is 0 Å². The molecule has 2 heterocycles. The first kappa shape index (κ1) is 12.7. The van der Waals surface area contributed by atoms with Crippen LogP contribution in [-0.2, 0) is 5.75 Å². The number of nitrogens with zero attached hydrogens (tertiary/aromatic N) is 2. The standard InChI is InChI=1S/C13H15N3O2S/c17-9-6-11(14-7-9)13-15-12(16-18-13)8-19-10-4-2-1-3-5-10/h1-5,9,11,14,17H,6-8H2/t9-,11-/m1/s1. The molecule has 0 saturated carbocycles. The third-order valence-electron chi connectivity index (χ3n) is 3.00. The molecular formula is C13H15N3O2S. The summed E-state index contributed by atoms with van der Waals surface area (Å²) in [4.78, 5) is 5.55. The summed E-state index contributed by atoms with van der Waals surface area (Å²) >= 11 is 1.68. The molecule has 1 saturated heterocycles. The number of hydrogen-bond donors (Lipinski definition) is 2. The average Bonchev–Trinajstić information content (AvgIpc) is 3.06. The number of aromatic nitrogens is 2. The lowest BCUT2D eigenvalue weighted by atomic mass is 10.2. The van der Waals surface area contributed by atoms with Gasteiger partial charge in [0.05, 0.1) is 17.9 Å². The van der Waals surface area contributed by atoms with Crippen LogP contribution in [0.2, 0.25) is 0 Å². The molecule has 0 aliphatic carbocycles. The fourth-order valence-corrected chi connectivity index (χ4v) is 2.80. The van der Waals surface area contributed by atoms with Gasteiger partial charge in [0.25, 0.3) is 0 Å². The molecule has 1 aromatic carbocycles. The van der Waals surface area contributed by atoms with E-state index >= 15 is 0 Å². The van der Waals surface area contributed by atoms with Crippen molar-refractivity contribution in [1.82, 2.24) is 15.5 Å². The molecule has 2 aromatic rings. The van der Waals surface area contributed by atoms with Crippen molar-refractivity contribution in [2.75, 3.05) is 6.54 Å². The van der Waals surface area contributed by atoms with Crippen LogP contribution in [0.3, 0.4) is 0 Å². The van der Waals surface area contributed by atoms with Crippen molar-refractivity contribution < 1.29 is 9.63 Å². The first-order valence-electron chi connectivity index (χ1n) is 6.23. The van der Waals surface area contributed by atoms with Gasteiger partial charge in [0.15, 0.2) is 5.82 Å². The first-order chi connectivity index (χ1) is 9.31. The SMILES string of the molecule is O[C@H]1CN[C@@H](c2nc(CSc3ccccc3)no2)C1. The second kappa shape index (κ2) is 5.73. The number of aliphatic hydroxyl groups excluding tert-OH is 1. The summed E-state index contributed by atoms with van der Waals surface area (Å²) in [6.07, 6.45) is 0.312. The Morgan fingerprint density at radius 1 is 1.37 bits per heavy atom. The van der Waals surface area contributed by atoms with Crippen LogP contribution in [0.4, 0.5) is 0 Å². The van der Waals surface area contributed by atoms with Crippen LogP contribution in [0.15, 0.2) is 39.8 Å². The van der Waals surface area contributed by atoms with E-state index in [9.17, 15) is 5.11 Å². The number of hydrogen-bond acceptors (Lipinski definition) is 6. The fraction of sp³-hybridized carbons (Fsp3) is 0.385. The Morgan fingerprint density at radius 3 is 2.95 bits per heavy atom. The number of aliphatic hydroxyl groups is 1. The molecule has 0 amide bonds. The first-order valence-corrected chi connectivity index (χ1v) is 7.21. The lowest BCUT2D eigenvalue weighted by molar-refractivity contribution is 0.191. The summed E-state index contributed by atoms with van der Waals surface area (Å²) in [6, 6.07) is 10.1. The Hall–Kier alpha value is -1.37. The molecule has 6 heteroatoms. The van der Waals surface area contributed by atoms with Crippen LogP contribution in [0, 0.1) is 0 Å². The Balaban J connectivity index is 1.59. The van der Waals surface area contributed by atoms with Gasteiger partial charge in [-0.25, -0.2) is 0 Å². The van der Waals surface area contributed by atoms with Gasteiger partial charge in [0.2, 0.25) is 5.89 Å². The van der Waals surface area contributed by atoms with E-state index in [1.165, 1.54) is 4.90 Å². The molecule has 3 rings (SSSR count). The van der Waals surface area contributed by atoms with Gasteiger partial charge in [-0.3, -0.25) is 0 Å². The predicted octanol–water partition coefficient (Wildman–Crippen LogP) is 1.76. The summed E-state index contributed by atoms with van der Waals surface area (Å²) in [6.45, 7) is 0.584. The highest BCUT2D eigenvalue weighted by atomic mass is 32.2. The monoisotopic (exact) mass is 277 g/mol. The maximum atomic E-state index is 9.46. The highest BCUT2D eigenvalue weighted by Gasteiger charge is 2.27. The fourth-order valence-electron chi connectivity index (χ4n) is 2.04. The topological polar surface area (TPSA) is 71.2 Å². The highest BCUT2D eigenvalue weighted by Crippen LogP contribution is 2.24. The third kappa shape index (κ3) is 3.15. The zero-order chi connectivity index (χ0) is 13.1. The Bertz CT molecular complexity index is 532. The quantitative estimate of drug-likeness (QED) is 0.830. The summed E-state index contributed by atoms with van der Waals surface area (Å²) < 4.78 is 5.24. The van der Waals surface area contributed by atoms with Crippen LogP contribution >= 0.6 is 11.8 Å². The maximum Gasteiger partial charge on any atom is 0.243 e. The zero-order valence-corrected chi connectivity index (χ0v) is 11.1. The van der Waals surface area contributed by atoms with Crippen molar-refractivity contribution in [1.29, 1.82) is 0 Å². The van der Waals surface area contributed by atoms with E-state index in [0.717, 1.165) is 0 Å². The highest BCUT2D eigenvalue weighted by molar-refractivity contribution is 7.98. The molecular weight excluding hydrogens is 262 g/mol. The summed E-state index contributed by atoms with van der Waals surface area (Å²) in [5, 5.41) is 16.6. The predicted molar refractivity (Wildman–Crippen MR) is 71.7 cm³/mol.